The highest BCUT2D eigenvalue weighted by Crippen LogP contribution is 2.32. The third-order valence-corrected chi connectivity index (χ3v) is 5.75. The molecular weight excluding hydrogens is 384 g/mol. The monoisotopic (exact) mass is 398 g/mol. The van der Waals surface area contributed by atoms with E-state index in [2.05, 4.69) is 50.1 Å². The minimum absolute atomic E-state index is 0.142. The zero-order valence-electron chi connectivity index (χ0n) is 12.9. The third-order valence-electron chi connectivity index (χ3n) is 4.18. The van der Waals surface area contributed by atoms with Crippen LogP contribution < -0.4 is 0 Å². The number of rotatable bonds is 1. The maximum absolute atomic E-state index is 12.2. The second-order valence-electron chi connectivity index (χ2n) is 5.80. The first-order valence-corrected chi connectivity index (χ1v) is 9.40. The molecule has 0 radical (unpaired) electrons. The van der Waals surface area contributed by atoms with E-state index in [0.29, 0.717) is 4.91 Å². The molecular formula is C19H15BrN2OS. The van der Waals surface area contributed by atoms with E-state index in [-0.39, 0.29) is 5.91 Å². The lowest BCUT2D eigenvalue weighted by molar-refractivity contribution is -0.113. The van der Waals surface area contributed by atoms with Crippen molar-refractivity contribution in [2.45, 2.75) is 13.0 Å². The molecule has 0 fully saturated rings. The van der Waals surface area contributed by atoms with Crippen molar-refractivity contribution < 1.29 is 4.79 Å². The largest absolute Gasteiger partial charge is 0.346 e. The van der Waals surface area contributed by atoms with Crippen molar-refractivity contribution in [3.8, 4) is 0 Å². The van der Waals surface area contributed by atoms with Crippen LogP contribution in [0.3, 0.4) is 0 Å². The topological polar surface area (TPSA) is 32.7 Å². The molecule has 0 saturated carbocycles. The fourth-order valence-corrected chi connectivity index (χ4v) is 4.11. The molecule has 0 aromatic heterocycles. The molecule has 0 bridgehead atoms. The van der Waals surface area contributed by atoms with E-state index in [0.717, 1.165) is 34.7 Å². The van der Waals surface area contributed by atoms with Crippen LogP contribution in [-0.2, 0) is 17.8 Å². The third kappa shape index (κ3) is 3.19. The maximum atomic E-state index is 12.2. The second-order valence-corrected chi connectivity index (χ2v) is 7.73. The summed E-state index contributed by atoms with van der Waals surface area (Å²) in [6.07, 6.45) is 2.91. The van der Waals surface area contributed by atoms with Crippen molar-refractivity contribution in [3.05, 3.63) is 74.6 Å². The van der Waals surface area contributed by atoms with Crippen LogP contribution >= 0.6 is 27.7 Å². The first kappa shape index (κ1) is 15.7. The van der Waals surface area contributed by atoms with Gasteiger partial charge in [0.2, 0.25) is 0 Å². The molecule has 120 valence electrons. The van der Waals surface area contributed by atoms with Gasteiger partial charge < -0.3 is 4.90 Å². The minimum atomic E-state index is -0.142. The Morgan fingerprint density at radius 2 is 1.83 bits per heavy atom. The Bertz CT molecular complexity index is 858. The van der Waals surface area contributed by atoms with E-state index in [9.17, 15) is 4.79 Å². The molecule has 2 heterocycles. The predicted molar refractivity (Wildman–Crippen MR) is 103 cm³/mol. The Kier molecular flexibility index (Phi) is 4.29. The summed E-state index contributed by atoms with van der Waals surface area (Å²) in [5.74, 6) is -0.142. The Hall–Kier alpha value is -1.85. The van der Waals surface area contributed by atoms with Crippen LogP contribution in [0.2, 0.25) is 0 Å². The quantitative estimate of drug-likeness (QED) is 0.663. The number of thioether (sulfide) groups is 1. The Labute approximate surface area is 153 Å². The van der Waals surface area contributed by atoms with Gasteiger partial charge in [-0.1, -0.05) is 52.3 Å². The highest BCUT2D eigenvalue weighted by molar-refractivity contribution is 9.10. The molecule has 0 N–H and O–H groups in total. The van der Waals surface area contributed by atoms with Gasteiger partial charge in [0.05, 0.1) is 4.91 Å². The number of aliphatic imine (C=N–C) groups is 1. The number of carbonyl (C=O) groups is 1. The van der Waals surface area contributed by atoms with Crippen molar-refractivity contribution in [1.82, 2.24) is 4.90 Å². The van der Waals surface area contributed by atoms with Gasteiger partial charge in [0.1, 0.15) is 0 Å². The molecule has 24 heavy (non-hydrogen) atoms. The number of hydrogen-bond acceptors (Lipinski definition) is 3. The lowest BCUT2D eigenvalue weighted by Gasteiger charge is -2.29. The smallest absolute Gasteiger partial charge is 0.286 e. The van der Waals surface area contributed by atoms with Crippen LogP contribution in [0, 0.1) is 0 Å². The van der Waals surface area contributed by atoms with E-state index >= 15 is 0 Å². The number of hydrogen-bond donors (Lipinski definition) is 0. The van der Waals surface area contributed by atoms with Gasteiger partial charge in [0, 0.05) is 17.6 Å². The van der Waals surface area contributed by atoms with Crippen LogP contribution in [0.1, 0.15) is 16.7 Å². The molecule has 0 aliphatic carbocycles. The van der Waals surface area contributed by atoms with Gasteiger partial charge in [-0.25, -0.2) is 0 Å². The van der Waals surface area contributed by atoms with Gasteiger partial charge >= 0.3 is 0 Å². The lowest BCUT2D eigenvalue weighted by Crippen LogP contribution is -2.33. The highest BCUT2D eigenvalue weighted by atomic mass is 79.9. The number of halogens is 1. The molecule has 1 amide bonds. The fourth-order valence-electron chi connectivity index (χ4n) is 2.90. The molecule has 2 aliphatic rings. The molecule has 2 aromatic carbocycles. The van der Waals surface area contributed by atoms with Crippen LogP contribution in [0.25, 0.3) is 6.08 Å². The first-order chi connectivity index (χ1) is 11.7. The first-order valence-electron chi connectivity index (χ1n) is 7.79. The van der Waals surface area contributed by atoms with Crippen molar-refractivity contribution in [3.63, 3.8) is 0 Å². The van der Waals surface area contributed by atoms with Gasteiger partial charge in [-0.2, -0.15) is 4.99 Å². The van der Waals surface area contributed by atoms with Crippen LogP contribution in [-0.4, -0.2) is 22.5 Å². The number of nitrogens with zero attached hydrogens (tertiary/aromatic N) is 2. The summed E-state index contributed by atoms with van der Waals surface area (Å²) in [6.45, 7) is 1.72. The van der Waals surface area contributed by atoms with Crippen molar-refractivity contribution in [2.75, 3.05) is 6.54 Å². The molecule has 2 aliphatic heterocycles. The molecule has 2 aromatic rings. The highest BCUT2D eigenvalue weighted by Gasteiger charge is 2.28. The average molecular weight is 399 g/mol. The van der Waals surface area contributed by atoms with Crippen molar-refractivity contribution in [1.29, 1.82) is 0 Å². The summed E-state index contributed by atoms with van der Waals surface area (Å²) in [5, 5.41) is 0.817. The number of carbonyl (C=O) groups excluding carboxylic acids is 1. The molecule has 0 unspecified atom stereocenters. The Morgan fingerprint density at radius 3 is 2.62 bits per heavy atom. The standard InChI is InChI=1S/C19H15BrN2OS/c20-16-7-5-13(6-8-16)11-17-18(23)21-19(24-17)22-10-9-14-3-1-2-4-15(14)12-22/h1-8,11H,9-10,12H2/b17-11+. The molecule has 4 rings (SSSR count). The normalized spacial score (nSPS) is 18.7. The van der Waals surface area contributed by atoms with E-state index < -0.39 is 0 Å². The average Bonchev–Trinajstić information content (AvgIpc) is 2.97. The predicted octanol–water partition coefficient (Wildman–Crippen LogP) is 4.48. The summed E-state index contributed by atoms with van der Waals surface area (Å²) < 4.78 is 1.03. The minimum Gasteiger partial charge on any atom is -0.346 e. The number of fused-ring (bicyclic) bond motifs is 1. The van der Waals surface area contributed by atoms with E-state index in [1.165, 1.54) is 22.9 Å². The SMILES string of the molecule is O=C1N=C(N2CCc3ccccc3C2)S/C1=C/c1ccc(Br)cc1. The summed E-state index contributed by atoms with van der Waals surface area (Å²) in [6, 6.07) is 16.4. The maximum Gasteiger partial charge on any atom is 0.286 e. The van der Waals surface area contributed by atoms with Crippen molar-refractivity contribution in [2.24, 2.45) is 4.99 Å². The second kappa shape index (κ2) is 6.57. The number of amides is 1. The summed E-state index contributed by atoms with van der Waals surface area (Å²) in [4.78, 5) is 19.4. The van der Waals surface area contributed by atoms with Gasteiger partial charge in [0.15, 0.2) is 5.17 Å². The molecule has 3 nitrogen and oxygen atoms in total. The molecule has 0 spiro atoms. The van der Waals surface area contributed by atoms with Gasteiger partial charge in [0.25, 0.3) is 5.91 Å². The summed E-state index contributed by atoms with van der Waals surface area (Å²) in [5.41, 5.74) is 3.73. The van der Waals surface area contributed by atoms with Crippen LogP contribution in [0.4, 0.5) is 0 Å². The zero-order chi connectivity index (χ0) is 16.5. The van der Waals surface area contributed by atoms with Crippen LogP contribution in [0.5, 0.6) is 0 Å². The Morgan fingerprint density at radius 1 is 1.08 bits per heavy atom. The summed E-state index contributed by atoms with van der Waals surface area (Å²) >= 11 is 4.90. The van der Waals surface area contributed by atoms with Gasteiger partial charge in [-0.3, -0.25) is 4.79 Å². The van der Waals surface area contributed by atoms with E-state index in [1.807, 2.05) is 30.3 Å². The van der Waals surface area contributed by atoms with E-state index in [1.54, 1.807) is 0 Å². The lowest BCUT2D eigenvalue weighted by atomic mass is 10.0. The Balaban J connectivity index is 1.52. The number of amidine groups is 1. The fraction of sp³-hybridized carbons (Fsp3) is 0.158. The van der Waals surface area contributed by atoms with Crippen LogP contribution in [0.15, 0.2) is 62.9 Å². The van der Waals surface area contributed by atoms with Gasteiger partial charge in [-0.05, 0) is 53.1 Å². The molecule has 0 saturated heterocycles. The van der Waals surface area contributed by atoms with E-state index in [4.69, 9.17) is 0 Å². The van der Waals surface area contributed by atoms with Crippen molar-refractivity contribution >= 4 is 44.8 Å². The zero-order valence-corrected chi connectivity index (χ0v) is 15.3. The number of benzene rings is 2. The van der Waals surface area contributed by atoms with Gasteiger partial charge in [-0.15, -0.1) is 0 Å². The summed E-state index contributed by atoms with van der Waals surface area (Å²) in [7, 11) is 0. The molecule has 0 atom stereocenters. The molecule has 5 heteroatoms.